The highest BCUT2D eigenvalue weighted by atomic mass is 16.5. The number of hydrogen-bond donors (Lipinski definition) is 0. The zero-order chi connectivity index (χ0) is 11.4. The highest BCUT2D eigenvalue weighted by molar-refractivity contribution is 6.20. The Morgan fingerprint density at radius 1 is 1.40 bits per heavy atom. The lowest BCUT2D eigenvalue weighted by molar-refractivity contribution is -0.144. The Kier molecular flexibility index (Phi) is 2.04. The summed E-state index contributed by atoms with van der Waals surface area (Å²) in [5.74, 6) is -0.107. The molecule has 3 aliphatic rings. The van der Waals surface area contributed by atoms with Crippen LogP contribution >= 0.6 is 0 Å². The molecule has 0 amide bonds. The zero-order valence-corrected chi connectivity index (χ0v) is 9.59. The van der Waals surface area contributed by atoms with Crippen LogP contribution < -0.4 is 0 Å². The molecule has 0 aliphatic heterocycles. The number of allylic oxidation sites excluding steroid dienone is 1. The summed E-state index contributed by atoms with van der Waals surface area (Å²) in [5, 5.41) is 0. The molecule has 3 aliphatic carbocycles. The van der Waals surface area contributed by atoms with E-state index >= 15 is 0 Å². The zero-order valence-electron chi connectivity index (χ0n) is 9.59. The van der Waals surface area contributed by atoms with Crippen molar-refractivity contribution in [1.82, 2.24) is 0 Å². The number of methoxy groups -OCH3 is 1. The van der Waals surface area contributed by atoms with Gasteiger partial charge in [0, 0.05) is 5.92 Å². The lowest BCUT2D eigenvalue weighted by atomic mass is 9.47. The molecule has 0 aromatic heterocycles. The molecule has 15 heavy (non-hydrogen) atoms. The van der Waals surface area contributed by atoms with Gasteiger partial charge in [0.15, 0.2) is 5.78 Å². The van der Waals surface area contributed by atoms with Gasteiger partial charge in [0.1, 0.15) is 5.57 Å². The maximum Gasteiger partial charge on any atom is 0.341 e. The summed E-state index contributed by atoms with van der Waals surface area (Å²) < 4.78 is 4.65. The Morgan fingerprint density at radius 2 is 2.00 bits per heavy atom. The molecule has 3 nitrogen and oxygen atoms in total. The molecule has 0 spiro atoms. The molecule has 3 rings (SSSR count). The minimum absolute atomic E-state index is 0.0142. The van der Waals surface area contributed by atoms with E-state index in [2.05, 4.69) is 18.6 Å². The molecule has 0 heterocycles. The van der Waals surface area contributed by atoms with Crippen molar-refractivity contribution in [2.45, 2.75) is 27.2 Å². The molecule has 1 fully saturated rings. The Labute approximate surface area is 89.5 Å². The van der Waals surface area contributed by atoms with Crippen molar-refractivity contribution in [3.05, 3.63) is 11.1 Å². The molecule has 0 aromatic rings. The van der Waals surface area contributed by atoms with Gasteiger partial charge in [-0.3, -0.25) is 4.79 Å². The highest BCUT2D eigenvalue weighted by Crippen LogP contribution is 2.59. The SMILES string of the molecule is COC(=O)C1=C(C)[C@@H]2C[C@H](C1=O)C2(C)C. The summed E-state index contributed by atoms with van der Waals surface area (Å²) >= 11 is 0. The number of esters is 1. The molecule has 0 saturated heterocycles. The minimum atomic E-state index is -0.470. The van der Waals surface area contributed by atoms with Gasteiger partial charge < -0.3 is 4.74 Å². The van der Waals surface area contributed by atoms with Crippen molar-refractivity contribution in [3.8, 4) is 0 Å². The third kappa shape index (κ3) is 1.12. The Balaban J connectivity index is 2.46. The van der Waals surface area contributed by atoms with Gasteiger partial charge in [-0.15, -0.1) is 0 Å². The summed E-state index contributed by atoms with van der Waals surface area (Å²) in [6.45, 7) is 6.08. The summed E-state index contributed by atoms with van der Waals surface area (Å²) in [6.07, 6.45) is 0.901. The second-order valence-corrected chi connectivity index (χ2v) is 5.08. The Bertz CT molecular complexity index is 376. The molecule has 0 aromatic carbocycles. The first-order chi connectivity index (χ1) is 6.91. The lowest BCUT2D eigenvalue weighted by Crippen LogP contribution is -2.54. The summed E-state index contributed by atoms with van der Waals surface area (Å²) in [7, 11) is 1.32. The highest BCUT2D eigenvalue weighted by Gasteiger charge is 2.58. The standard InChI is InChI=1S/C12H16O3/c1-6-7-5-8(12(7,2)3)10(13)9(6)11(14)15-4/h7-8H,5H2,1-4H3/t7-,8+/m0/s1. The topological polar surface area (TPSA) is 43.4 Å². The van der Waals surface area contributed by atoms with Gasteiger partial charge in [0.2, 0.25) is 0 Å². The third-order valence-electron chi connectivity index (χ3n) is 4.14. The normalized spacial score (nSPS) is 32.4. The largest absolute Gasteiger partial charge is 0.465 e. The van der Waals surface area contributed by atoms with Crippen LogP contribution in [0.2, 0.25) is 0 Å². The van der Waals surface area contributed by atoms with Crippen LogP contribution in [-0.4, -0.2) is 18.9 Å². The third-order valence-corrected chi connectivity index (χ3v) is 4.14. The monoisotopic (exact) mass is 208 g/mol. The first-order valence-corrected chi connectivity index (χ1v) is 5.24. The summed E-state index contributed by atoms with van der Waals surface area (Å²) in [5.41, 5.74) is 1.25. The van der Waals surface area contributed by atoms with Gasteiger partial charge in [-0.25, -0.2) is 4.79 Å². The Morgan fingerprint density at radius 3 is 2.40 bits per heavy atom. The smallest absolute Gasteiger partial charge is 0.341 e. The number of ketones is 1. The quantitative estimate of drug-likeness (QED) is 0.487. The van der Waals surface area contributed by atoms with Crippen LogP contribution in [0.4, 0.5) is 0 Å². The fourth-order valence-corrected chi connectivity index (χ4v) is 3.01. The van der Waals surface area contributed by atoms with Crippen molar-refractivity contribution >= 4 is 11.8 Å². The summed E-state index contributed by atoms with van der Waals surface area (Å²) in [4.78, 5) is 23.5. The number of rotatable bonds is 1. The average Bonchev–Trinajstić information content (AvgIpc) is 2.15. The molecule has 82 valence electrons. The number of hydrogen-bond acceptors (Lipinski definition) is 3. The van der Waals surface area contributed by atoms with E-state index in [-0.39, 0.29) is 17.1 Å². The minimum Gasteiger partial charge on any atom is -0.465 e. The van der Waals surface area contributed by atoms with Crippen molar-refractivity contribution in [3.63, 3.8) is 0 Å². The van der Waals surface area contributed by atoms with Gasteiger partial charge >= 0.3 is 5.97 Å². The molecular weight excluding hydrogens is 192 g/mol. The lowest BCUT2D eigenvalue weighted by Gasteiger charge is -2.55. The second kappa shape index (κ2) is 2.94. The average molecular weight is 208 g/mol. The molecule has 0 unspecified atom stereocenters. The van der Waals surface area contributed by atoms with Gasteiger partial charge in [-0.2, -0.15) is 0 Å². The van der Waals surface area contributed by atoms with Crippen LogP contribution in [0, 0.1) is 17.3 Å². The van der Waals surface area contributed by atoms with E-state index in [0.717, 1.165) is 12.0 Å². The molecule has 0 radical (unpaired) electrons. The maximum absolute atomic E-state index is 12.0. The number of fused-ring (bicyclic) bond motifs is 1. The number of ether oxygens (including phenoxy) is 1. The van der Waals surface area contributed by atoms with Gasteiger partial charge in [-0.1, -0.05) is 19.4 Å². The van der Waals surface area contributed by atoms with Crippen molar-refractivity contribution < 1.29 is 14.3 Å². The predicted molar refractivity (Wildman–Crippen MR) is 55.1 cm³/mol. The first-order valence-electron chi connectivity index (χ1n) is 5.24. The molecule has 0 N–H and O–H groups in total. The van der Waals surface area contributed by atoms with Crippen molar-refractivity contribution in [1.29, 1.82) is 0 Å². The van der Waals surface area contributed by atoms with Crippen LogP contribution in [0.15, 0.2) is 11.1 Å². The van der Waals surface area contributed by atoms with E-state index in [1.807, 2.05) is 6.92 Å². The van der Waals surface area contributed by atoms with E-state index < -0.39 is 5.97 Å². The van der Waals surface area contributed by atoms with E-state index in [9.17, 15) is 9.59 Å². The molecule has 2 bridgehead atoms. The van der Waals surface area contributed by atoms with Crippen LogP contribution in [0.3, 0.4) is 0 Å². The van der Waals surface area contributed by atoms with Crippen LogP contribution in [0.5, 0.6) is 0 Å². The second-order valence-electron chi connectivity index (χ2n) is 5.08. The predicted octanol–water partition coefficient (Wildman–Crippen LogP) is 1.72. The van der Waals surface area contributed by atoms with Crippen molar-refractivity contribution in [2.75, 3.05) is 7.11 Å². The van der Waals surface area contributed by atoms with E-state index in [1.54, 1.807) is 0 Å². The van der Waals surface area contributed by atoms with Crippen LogP contribution in [0.25, 0.3) is 0 Å². The number of carbonyl (C=O) groups is 2. The number of Topliss-reactive ketones (excluding diaryl/α,β-unsaturated/α-hetero) is 1. The first kappa shape index (κ1) is 10.4. The van der Waals surface area contributed by atoms with Crippen LogP contribution in [0.1, 0.15) is 27.2 Å². The summed E-state index contributed by atoms with van der Waals surface area (Å²) in [6, 6.07) is 0. The molecular formula is C12H16O3. The Hall–Kier alpha value is -1.12. The fourth-order valence-electron chi connectivity index (χ4n) is 3.01. The van der Waals surface area contributed by atoms with Crippen LogP contribution in [-0.2, 0) is 14.3 Å². The molecule has 1 saturated carbocycles. The molecule has 2 atom stereocenters. The van der Waals surface area contributed by atoms with E-state index in [0.29, 0.717) is 11.5 Å². The fraction of sp³-hybridized carbons (Fsp3) is 0.667. The molecule has 3 heteroatoms. The van der Waals surface area contributed by atoms with E-state index in [4.69, 9.17) is 0 Å². The van der Waals surface area contributed by atoms with Gasteiger partial charge in [0.25, 0.3) is 0 Å². The number of carbonyl (C=O) groups excluding carboxylic acids is 2. The van der Waals surface area contributed by atoms with Gasteiger partial charge in [0.05, 0.1) is 7.11 Å². The van der Waals surface area contributed by atoms with E-state index in [1.165, 1.54) is 7.11 Å². The maximum atomic E-state index is 12.0. The van der Waals surface area contributed by atoms with Gasteiger partial charge in [-0.05, 0) is 24.7 Å². The van der Waals surface area contributed by atoms with Crippen molar-refractivity contribution in [2.24, 2.45) is 17.3 Å².